The normalized spacial score (nSPS) is 30.2. The van der Waals surface area contributed by atoms with Crippen LogP contribution in [0.5, 0.6) is 0 Å². The van der Waals surface area contributed by atoms with Gasteiger partial charge in [0, 0.05) is 19.0 Å². The zero-order valence-corrected chi connectivity index (χ0v) is 23.5. The Balaban J connectivity index is 1.05. The number of amides is 1. The van der Waals surface area contributed by atoms with Crippen LogP contribution in [0.2, 0.25) is 0 Å². The fraction of sp³-hybridized carbons (Fsp3) is 0.647. The van der Waals surface area contributed by atoms with Crippen molar-refractivity contribution in [3.63, 3.8) is 0 Å². The maximum Gasteiger partial charge on any atom is 0.219 e. The minimum absolute atomic E-state index is 0.0702. The molecule has 0 spiro atoms. The van der Waals surface area contributed by atoms with Crippen molar-refractivity contribution in [2.75, 3.05) is 6.54 Å². The highest BCUT2D eigenvalue weighted by molar-refractivity contribution is 5.93. The lowest BCUT2D eigenvalue weighted by Crippen LogP contribution is -2.34. The van der Waals surface area contributed by atoms with E-state index in [0.29, 0.717) is 18.7 Å². The number of nitrogens with one attached hydrogen (secondary N) is 2. The maximum absolute atomic E-state index is 13.2. The predicted molar refractivity (Wildman–Crippen MR) is 158 cm³/mol. The largest absolute Gasteiger partial charge is 0.356 e. The molecular weight excluding hydrogens is 468 g/mol. The van der Waals surface area contributed by atoms with Crippen molar-refractivity contribution < 1.29 is 9.59 Å². The molecule has 3 aliphatic carbocycles. The molecule has 1 saturated carbocycles. The van der Waals surface area contributed by atoms with Gasteiger partial charge in [-0.2, -0.15) is 0 Å². The molecule has 2 N–H and O–H groups in total. The van der Waals surface area contributed by atoms with E-state index in [1.165, 1.54) is 82.6 Å². The van der Waals surface area contributed by atoms with Crippen LogP contribution in [0.25, 0.3) is 0 Å². The number of unbranched alkanes of at least 4 members (excludes halogenated alkanes) is 4. The number of allylic oxidation sites excluding steroid dienone is 7. The Kier molecular flexibility index (Phi) is 12.1. The number of hydrogen-bond donors (Lipinski definition) is 2. The van der Waals surface area contributed by atoms with Crippen LogP contribution in [0.3, 0.4) is 0 Å². The summed E-state index contributed by atoms with van der Waals surface area (Å²) in [4.78, 5) is 25.5. The average molecular weight is 519 g/mol. The molecule has 0 aromatic rings. The molecule has 3 atom stereocenters. The zero-order chi connectivity index (χ0) is 26.4. The SMILES string of the molecule is O=C(CCCCCCC1CCCCCCCC1)NCCCCC1NC2/C3=C/C=C\C=C/C=C(C=C3)/C2C1=O. The van der Waals surface area contributed by atoms with E-state index < -0.39 is 0 Å². The minimum Gasteiger partial charge on any atom is -0.356 e. The second-order valence-electron chi connectivity index (χ2n) is 11.9. The third-order valence-electron chi connectivity index (χ3n) is 8.94. The number of rotatable bonds is 12. The molecule has 0 aromatic carbocycles. The Morgan fingerprint density at radius 2 is 1.42 bits per heavy atom. The van der Waals surface area contributed by atoms with E-state index in [-0.39, 0.29) is 23.9 Å². The van der Waals surface area contributed by atoms with Crippen molar-refractivity contribution in [1.82, 2.24) is 10.6 Å². The van der Waals surface area contributed by atoms with Gasteiger partial charge < -0.3 is 5.32 Å². The summed E-state index contributed by atoms with van der Waals surface area (Å²) in [6.45, 7) is 0.710. The number of Topliss-reactive ketones (excluding diaryl/α,β-unsaturated/α-hetero) is 1. The molecule has 1 amide bonds. The van der Waals surface area contributed by atoms with Crippen LogP contribution in [0.4, 0.5) is 0 Å². The summed E-state index contributed by atoms with van der Waals surface area (Å²) in [5.41, 5.74) is 2.28. The van der Waals surface area contributed by atoms with Crippen LogP contribution < -0.4 is 10.6 Å². The summed E-state index contributed by atoms with van der Waals surface area (Å²) in [6.07, 6.45) is 37.5. The third-order valence-corrected chi connectivity index (χ3v) is 8.94. The van der Waals surface area contributed by atoms with Gasteiger partial charge in [-0.25, -0.2) is 0 Å². The molecule has 38 heavy (non-hydrogen) atoms. The molecule has 2 bridgehead atoms. The topological polar surface area (TPSA) is 58.2 Å². The standard InChI is InChI=1S/C34H50N2O2/c37-31(23-14-8-5-11-19-27-17-9-3-1-2-4-10-18-27)35-26-16-15-22-30-34(38)32-28-20-12-6-7-13-21-29(25-24-28)33(32)36-30/h6-7,12-13,20-21,24-25,27,30,32-33,36H,1-5,8-11,14-19,22-23,26H2,(H,35,37)/b7-6?,12-6-,13-7-,20-12?,21-13?,28-20+,29-21+. The molecule has 208 valence electrons. The van der Waals surface area contributed by atoms with Crippen LogP contribution in [-0.4, -0.2) is 30.3 Å². The van der Waals surface area contributed by atoms with Gasteiger partial charge in [0.15, 0.2) is 5.78 Å². The first-order valence-corrected chi connectivity index (χ1v) is 15.7. The molecule has 1 saturated heterocycles. The van der Waals surface area contributed by atoms with Crippen molar-refractivity contribution in [1.29, 1.82) is 0 Å². The van der Waals surface area contributed by atoms with Crippen LogP contribution in [0, 0.1) is 11.8 Å². The molecule has 0 radical (unpaired) electrons. The molecule has 4 rings (SSSR count). The number of carbonyl (C=O) groups excluding carboxylic acids is 2. The van der Waals surface area contributed by atoms with Crippen LogP contribution in [-0.2, 0) is 9.59 Å². The first-order valence-electron chi connectivity index (χ1n) is 15.7. The van der Waals surface area contributed by atoms with Crippen molar-refractivity contribution in [3.05, 3.63) is 59.8 Å². The molecule has 0 aromatic heterocycles. The van der Waals surface area contributed by atoms with Crippen molar-refractivity contribution in [3.8, 4) is 0 Å². The maximum atomic E-state index is 13.2. The van der Waals surface area contributed by atoms with E-state index in [2.05, 4.69) is 34.9 Å². The highest BCUT2D eigenvalue weighted by Crippen LogP contribution is 2.36. The van der Waals surface area contributed by atoms with E-state index in [4.69, 9.17) is 0 Å². The van der Waals surface area contributed by atoms with Crippen LogP contribution in [0.15, 0.2) is 59.8 Å². The van der Waals surface area contributed by atoms with Crippen LogP contribution in [0.1, 0.15) is 109 Å². The van der Waals surface area contributed by atoms with Crippen molar-refractivity contribution in [2.24, 2.45) is 11.8 Å². The lowest BCUT2D eigenvalue weighted by molar-refractivity contribution is -0.122. The van der Waals surface area contributed by atoms with Gasteiger partial charge in [-0.1, -0.05) is 126 Å². The molecule has 1 aliphatic heterocycles. The van der Waals surface area contributed by atoms with Gasteiger partial charge in [-0.3, -0.25) is 14.9 Å². The predicted octanol–water partition coefficient (Wildman–Crippen LogP) is 7.44. The number of carbonyl (C=O) groups is 2. The number of hydrogen-bond acceptors (Lipinski definition) is 3. The second-order valence-corrected chi connectivity index (χ2v) is 11.9. The fourth-order valence-electron chi connectivity index (χ4n) is 6.69. The fourth-order valence-corrected chi connectivity index (χ4v) is 6.69. The minimum atomic E-state index is -0.104. The Hall–Kier alpha value is -2.20. The quantitative estimate of drug-likeness (QED) is 0.264. The van der Waals surface area contributed by atoms with Gasteiger partial charge in [0.25, 0.3) is 0 Å². The smallest absolute Gasteiger partial charge is 0.219 e. The molecule has 4 heteroatoms. The Morgan fingerprint density at radius 1 is 0.763 bits per heavy atom. The molecule has 4 aliphatic rings. The van der Waals surface area contributed by atoms with Gasteiger partial charge in [0.05, 0.1) is 12.0 Å². The highest BCUT2D eigenvalue weighted by atomic mass is 16.1. The third kappa shape index (κ3) is 8.93. The lowest BCUT2D eigenvalue weighted by atomic mass is 9.80. The van der Waals surface area contributed by atoms with Crippen LogP contribution >= 0.6 is 0 Å². The van der Waals surface area contributed by atoms with E-state index in [1.807, 2.05) is 24.3 Å². The molecule has 4 nitrogen and oxygen atoms in total. The van der Waals surface area contributed by atoms with E-state index in [9.17, 15) is 9.59 Å². The lowest BCUT2D eigenvalue weighted by Gasteiger charge is -2.25. The zero-order valence-electron chi connectivity index (χ0n) is 23.5. The Labute approximate surface area is 231 Å². The molecule has 3 unspecified atom stereocenters. The van der Waals surface area contributed by atoms with Gasteiger partial charge >= 0.3 is 0 Å². The Bertz CT molecular complexity index is 915. The molecular formula is C34H50N2O2. The van der Waals surface area contributed by atoms with Gasteiger partial charge in [0.2, 0.25) is 5.91 Å². The van der Waals surface area contributed by atoms with Gasteiger partial charge in [0.1, 0.15) is 0 Å². The van der Waals surface area contributed by atoms with Gasteiger partial charge in [-0.05, 0) is 42.7 Å². The van der Waals surface area contributed by atoms with Crippen molar-refractivity contribution in [2.45, 2.75) is 121 Å². The average Bonchev–Trinajstić information content (AvgIpc) is 3.32. The summed E-state index contributed by atoms with van der Waals surface area (Å²) in [5.74, 6) is 1.36. The monoisotopic (exact) mass is 518 g/mol. The summed E-state index contributed by atoms with van der Waals surface area (Å²) >= 11 is 0. The van der Waals surface area contributed by atoms with E-state index in [1.54, 1.807) is 0 Å². The summed E-state index contributed by atoms with van der Waals surface area (Å²) in [6, 6.07) is -0.0335. The first-order chi connectivity index (χ1) is 18.7. The Morgan fingerprint density at radius 3 is 2.21 bits per heavy atom. The summed E-state index contributed by atoms with van der Waals surface area (Å²) in [5, 5.41) is 6.71. The van der Waals surface area contributed by atoms with Gasteiger partial charge in [-0.15, -0.1) is 0 Å². The van der Waals surface area contributed by atoms with Crippen molar-refractivity contribution >= 4 is 11.7 Å². The van der Waals surface area contributed by atoms with E-state index >= 15 is 0 Å². The van der Waals surface area contributed by atoms with E-state index in [0.717, 1.165) is 37.2 Å². The molecule has 2 fully saturated rings. The summed E-state index contributed by atoms with van der Waals surface area (Å²) in [7, 11) is 0. The number of ketones is 1. The summed E-state index contributed by atoms with van der Waals surface area (Å²) < 4.78 is 0. The second kappa shape index (κ2) is 16.0. The highest BCUT2D eigenvalue weighted by Gasteiger charge is 2.44. The molecule has 1 heterocycles. The first kappa shape index (κ1) is 28.8.